The number of hydrogen-bond donors (Lipinski definition) is 0. The Bertz CT molecular complexity index is 527. The fourth-order valence-electron chi connectivity index (χ4n) is 1.60. The van der Waals surface area contributed by atoms with Crippen LogP contribution in [0, 0.1) is 0 Å². The van der Waals surface area contributed by atoms with E-state index in [0.717, 1.165) is 4.47 Å². The topological polar surface area (TPSA) is 59.5 Å². The van der Waals surface area contributed by atoms with Gasteiger partial charge in [-0.3, -0.25) is 0 Å². The van der Waals surface area contributed by atoms with Gasteiger partial charge in [0.25, 0.3) is 0 Å². The molecule has 1 aromatic rings. The molecule has 1 aliphatic rings. The molecule has 100 valence electrons. The number of hydrogen-bond acceptors (Lipinski definition) is 4. The summed E-state index contributed by atoms with van der Waals surface area (Å²) < 4.78 is 31.5. The molecule has 2 rings (SSSR count). The van der Waals surface area contributed by atoms with Gasteiger partial charge in [-0.25, -0.2) is 13.4 Å². The standard InChI is InChI=1S/C11H15BrN2O3S/c1-8(2)18(15,16)14-6-9(7-14)17-11-10(12)4-3-5-13-11/h3-5,8-9H,6-7H2,1-2H3. The monoisotopic (exact) mass is 334 g/mol. The number of nitrogens with zero attached hydrogens (tertiary/aromatic N) is 2. The van der Waals surface area contributed by atoms with E-state index in [-0.39, 0.29) is 11.4 Å². The third-order valence-corrected chi connectivity index (χ3v) is 5.59. The van der Waals surface area contributed by atoms with Crippen LogP contribution >= 0.6 is 15.9 Å². The van der Waals surface area contributed by atoms with Crippen LogP contribution in [-0.4, -0.2) is 42.2 Å². The summed E-state index contributed by atoms with van der Waals surface area (Å²) in [5, 5.41) is -0.389. The molecule has 5 nitrogen and oxygen atoms in total. The van der Waals surface area contributed by atoms with Gasteiger partial charge in [0.15, 0.2) is 0 Å². The molecule has 1 saturated heterocycles. The van der Waals surface area contributed by atoms with Crippen molar-refractivity contribution in [1.82, 2.24) is 9.29 Å². The Morgan fingerprint density at radius 1 is 1.50 bits per heavy atom. The maximum Gasteiger partial charge on any atom is 0.228 e. The summed E-state index contributed by atoms with van der Waals surface area (Å²) in [7, 11) is -3.15. The molecule has 0 bridgehead atoms. The molecule has 0 unspecified atom stereocenters. The molecule has 1 fully saturated rings. The third-order valence-electron chi connectivity index (χ3n) is 2.77. The Labute approximate surface area is 115 Å². The molecular formula is C11H15BrN2O3S. The zero-order valence-corrected chi connectivity index (χ0v) is 12.6. The summed E-state index contributed by atoms with van der Waals surface area (Å²) in [4.78, 5) is 4.09. The summed E-state index contributed by atoms with van der Waals surface area (Å²) in [6.45, 7) is 4.14. The molecule has 2 heterocycles. The van der Waals surface area contributed by atoms with Crippen molar-refractivity contribution in [3.63, 3.8) is 0 Å². The van der Waals surface area contributed by atoms with E-state index >= 15 is 0 Å². The summed E-state index contributed by atoms with van der Waals surface area (Å²) in [5.41, 5.74) is 0. The van der Waals surface area contributed by atoms with Gasteiger partial charge >= 0.3 is 0 Å². The Morgan fingerprint density at radius 3 is 2.72 bits per heavy atom. The minimum atomic E-state index is -3.15. The van der Waals surface area contributed by atoms with E-state index in [1.165, 1.54) is 4.31 Å². The highest BCUT2D eigenvalue weighted by molar-refractivity contribution is 9.10. The summed E-state index contributed by atoms with van der Waals surface area (Å²) in [6.07, 6.45) is 1.52. The molecule has 0 spiro atoms. The lowest BCUT2D eigenvalue weighted by atomic mass is 10.2. The number of halogens is 1. The average molecular weight is 335 g/mol. The molecule has 0 amide bonds. The lowest BCUT2D eigenvalue weighted by Crippen LogP contribution is -2.57. The minimum absolute atomic E-state index is 0.121. The predicted molar refractivity (Wildman–Crippen MR) is 72.0 cm³/mol. The second kappa shape index (κ2) is 5.14. The number of rotatable bonds is 4. The molecule has 7 heteroatoms. The first-order valence-corrected chi connectivity index (χ1v) is 7.97. The quantitative estimate of drug-likeness (QED) is 0.839. The number of pyridine rings is 1. The van der Waals surface area contributed by atoms with Gasteiger partial charge in [0.2, 0.25) is 15.9 Å². The van der Waals surface area contributed by atoms with Crippen LogP contribution in [0.25, 0.3) is 0 Å². The van der Waals surface area contributed by atoms with Crippen molar-refractivity contribution in [3.8, 4) is 5.88 Å². The highest BCUT2D eigenvalue weighted by Crippen LogP contribution is 2.26. The van der Waals surface area contributed by atoms with Crippen molar-refractivity contribution >= 4 is 26.0 Å². The molecule has 0 aromatic carbocycles. The fourth-order valence-corrected chi connectivity index (χ4v) is 3.29. The van der Waals surface area contributed by atoms with Crippen LogP contribution in [0.2, 0.25) is 0 Å². The zero-order valence-electron chi connectivity index (χ0n) is 10.2. The zero-order chi connectivity index (χ0) is 13.3. The lowest BCUT2D eigenvalue weighted by molar-refractivity contribution is 0.0709. The smallest absolute Gasteiger partial charge is 0.228 e. The fraction of sp³-hybridized carbons (Fsp3) is 0.545. The van der Waals surface area contributed by atoms with Crippen LogP contribution in [0.3, 0.4) is 0 Å². The van der Waals surface area contributed by atoms with Crippen LogP contribution in [0.15, 0.2) is 22.8 Å². The van der Waals surface area contributed by atoms with E-state index in [9.17, 15) is 8.42 Å². The van der Waals surface area contributed by atoms with E-state index < -0.39 is 10.0 Å². The second-order valence-electron chi connectivity index (χ2n) is 4.44. The lowest BCUT2D eigenvalue weighted by Gasteiger charge is -2.38. The van der Waals surface area contributed by atoms with E-state index in [1.807, 2.05) is 6.07 Å². The maximum atomic E-state index is 11.8. The Kier molecular flexibility index (Phi) is 3.93. The van der Waals surface area contributed by atoms with Crippen molar-refractivity contribution in [2.24, 2.45) is 0 Å². The van der Waals surface area contributed by atoms with Gasteiger partial charge in [0, 0.05) is 6.20 Å². The van der Waals surface area contributed by atoms with Crippen molar-refractivity contribution in [1.29, 1.82) is 0 Å². The van der Waals surface area contributed by atoms with E-state index in [4.69, 9.17) is 4.74 Å². The van der Waals surface area contributed by atoms with Crippen LogP contribution in [-0.2, 0) is 10.0 Å². The van der Waals surface area contributed by atoms with Crippen molar-refractivity contribution in [2.45, 2.75) is 25.2 Å². The predicted octanol–water partition coefficient (Wildman–Crippen LogP) is 1.65. The normalized spacial score (nSPS) is 17.8. The Morgan fingerprint density at radius 2 is 2.17 bits per heavy atom. The van der Waals surface area contributed by atoms with Crippen LogP contribution in [0.4, 0.5) is 0 Å². The number of ether oxygens (including phenoxy) is 1. The van der Waals surface area contributed by atoms with Crippen LogP contribution in [0.5, 0.6) is 5.88 Å². The van der Waals surface area contributed by atoms with Gasteiger partial charge in [-0.1, -0.05) is 0 Å². The number of aromatic nitrogens is 1. The summed E-state index contributed by atoms with van der Waals surface area (Å²) in [6, 6.07) is 3.64. The highest BCUT2D eigenvalue weighted by Gasteiger charge is 2.38. The molecule has 18 heavy (non-hydrogen) atoms. The van der Waals surface area contributed by atoms with Gasteiger partial charge in [-0.05, 0) is 41.9 Å². The largest absolute Gasteiger partial charge is 0.471 e. The first kappa shape index (κ1) is 13.8. The highest BCUT2D eigenvalue weighted by atomic mass is 79.9. The van der Waals surface area contributed by atoms with Crippen LogP contribution in [0.1, 0.15) is 13.8 Å². The average Bonchev–Trinajstić information content (AvgIpc) is 2.24. The first-order chi connectivity index (χ1) is 8.41. The van der Waals surface area contributed by atoms with Crippen molar-refractivity contribution < 1.29 is 13.2 Å². The molecule has 0 atom stereocenters. The molecule has 1 aliphatic heterocycles. The SMILES string of the molecule is CC(C)S(=O)(=O)N1CC(Oc2ncccc2Br)C1. The van der Waals surface area contributed by atoms with E-state index in [1.54, 1.807) is 26.1 Å². The van der Waals surface area contributed by atoms with E-state index in [2.05, 4.69) is 20.9 Å². The van der Waals surface area contributed by atoms with Crippen molar-refractivity contribution in [2.75, 3.05) is 13.1 Å². The van der Waals surface area contributed by atoms with Gasteiger partial charge < -0.3 is 4.74 Å². The second-order valence-corrected chi connectivity index (χ2v) is 7.78. The van der Waals surface area contributed by atoms with Crippen molar-refractivity contribution in [3.05, 3.63) is 22.8 Å². The van der Waals surface area contributed by atoms with Crippen LogP contribution < -0.4 is 4.74 Å². The molecule has 0 aliphatic carbocycles. The molecule has 0 N–H and O–H groups in total. The Hall–Kier alpha value is -0.660. The molecule has 0 radical (unpaired) electrons. The molecule has 1 aromatic heterocycles. The number of sulfonamides is 1. The van der Waals surface area contributed by atoms with Gasteiger partial charge in [0.1, 0.15) is 6.10 Å². The first-order valence-electron chi connectivity index (χ1n) is 5.67. The molecule has 0 saturated carbocycles. The van der Waals surface area contributed by atoms with E-state index in [0.29, 0.717) is 19.0 Å². The van der Waals surface area contributed by atoms with Gasteiger partial charge in [0.05, 0.1) is 22.8 Å². The summed E-state index contributed by atoms with van der Waals surface area (Å²) >= 11 is 3.34. The van der Waals surface area contributed by atoms with Gasteiger partial charge in [-0.2, -0.15) is 4.31 Å². The third kappa shape index (κ3) is 2.67. The minimum Gasteiger partial charge on any atom is -0.471 e. The Balaban J connectivity index is 1.93. The maximum absolute atomic E-state index is 11.8. The molecular weight excluding hydrogens is 320 g/mol. The van der Waals surface area contributed by atoms with Gasteiger partial charge in [-0.15, -0.1) is 0 Å². The summed E-state index contributed by atoms with van der Waals surface area (Å²) in [5.74, 6) is 0.504.